The number of aryl methyl sites for hydroxylation is 1. The number of aromatic nitrogens is 2. The van der Waals surface area contributed by atoms with Crippen LogP contribution in [0.15, 0.2) is 12.5 Å². The van der Waals surface area contributed by atoms with E-state index in [2.05, 4.69) is 16.6 Å². The normalized spacial score (nSPS) is 14.4. The van der Waals surface area contributed by atoms with Crippen LogP contribution in [0.25, 0.3) is 0 Å². The van der Waals surface area contributed by atoms with Crippen LogP contribution in [-0.4, -0.2) is 27.7 Å². The van der Waals surface area contributed by atoms with Crippen LogP contribution < -0.4 is 0 Å². The Morgan fingerprint density at radius 3 is 2.94 bits per heavy atom. The van der Waals surface area contributed by atoms with E-state index in [9.17, 15) is 9.90 Å². The van der Waals surface area contributed by atoms with Crippen molar-refractivity contribution in [2.75, 3.05) is 7.11 Å². The van der Waals surface area contributed by atoms with Gasteiger partial charge in [-0.2, -0.15) is 0 Å². The molecule has 2 unspecified atom stereocenters. The van der Waals surface area contributed by atoms with Crippen molar-refractivity contribution in [1.29, 1.82) is 0 Å². The Balaban J connectivity index is 2.70. The van der Waals surface area contributed by atoms with Gasteiger partial charge in [-0.25, -0.2) is 4.98 Å². The molecular weight excluding hydrogens is 220 g/mol. The first-order valence-electron chi connectivity index (χ1n) is 5.85. The number of aliphatic hydroxyl groups excluding tert-OH is 1. The minimum Gasteiger partial charge on any atom is -0.469 e. The first-order valence-corrected chi connectivity index (χ1v) is 5.85. The number of hydrogen-bond acceptors (Lipinski definition) is 4. The second-order valence-electron chi connectivity index (χ2n) is 4.21. The molecule has 1 rings (SSSR count). The van der Waals surface area contributed by atoms with E-state index in [0.29, 0.717) is 0 Å². The van der Waals surface area contributed by atoms with Gasteiger partial charge >= 0.3 is 5.97 Å². The van der Waals surface area contributed by atoms with Crippen molar-refractivity contribution in [3.8, 4) is 0 Å². The van der Waals surface area contributed by atoms with E-state index in [4.69, 9.17) is 0 Å². The van der Waals surface area contributed by atoms with Gasteiger partial charge in [-0.15, -0.1) is 0 Å². The van der Waals surface area contributed by atoms with E-state index >= 15 is 0 Å². The molecule has 0 saturated heterocycles. The monoisotopic (exact) mass is 240 g/mol. The van der Waals surface area contributed by atoms with Crippen molar-refractivity contribution in [3.05, 3.63) is 18.2 Å². The number of ether oxygens (including phenoxy) is 1. The van der Waals surface area contributed by atoms with E-state index < -0.39 is 6.10 Å². The number of methoxy groups -OCH3 is 1. The topological polar surface area (TPSA) is 64.3 Å². The Labute approximate surface area is 101 Å². The lowest BCUT2D eigenvalue weighted by Gasteiger charge is -2.19. The molecule has 0 bridgehead atoms. The van der Waals surface area contributed by atoms with Crippen LogP contribution in [0.4, 0.5) is 0 Å². The first-order chi connectivity index (χ1) is 8.10. The lowest BCUT2D eigenvalue weighted by Crippen LogP contribution is -2.17. The van der Waals surface area contributed by atoms with Crippen LogP contribution in [0.5, 0.6) is 0 Å². The largest absolute Gasteiger partial charge is 0.469 e. The molecule has 0 aromatic carbocycles. The number of carbonyl (C=O) groups excluding carboxylic acids is 1. The Morgan fingerprint density at radius 1 is 1.65 bits per heavy atom. The number of nitrogens with zero attached hydrogens (tertiary/aromatic N) is 2. The SMILES string of the molecule is CCCn1cncc1C(O)C(C)CC(=O)OC. The molecule has 0 fully saturated rings. The molecule has 0 aliphatic heterocycles. The van der Waals surface area contributed by atoms with Gasteiger partial charge in [0.25, 0.3) is 0 Å². The molecule has 1 N–H and O–H groups in total. The van der Waals surface area contributed by atoms with Crippen molar-refractivity contribution >= 4 is 5.97 Å². The number of esters is 1. The van der Waals surface area contributed by atoms with Crippen molar-refractivity contribution in [2.24, 2.45) is 5.92 Å². The Bertz CT molecular complexity index is 362. The quantitative estimate of drug-likeness (QED) is 0.766. The second-order valence-corrected chi connectivity index (χ2v) is 4.21. The molecule has 1 heterocycles. The zero-order valence-corrected chi connectivity index (χ0v) is 10.6. The van der Waals surface area contributed by atoms with Gasteiger partial charge in [0.05, 0.1) is 37.9 Å². The Morgan fingerprint density at radius 2 is 2.35 bits per heavy atom. The summed E-state index contributed by atoms with van der Waals surface area (Å²) >= 11 is 0. The van der Waals surface area contributed by atoms with Crippen LogP contribution in [0.1, 0.15) is 38.5 Å². The maximum absolute atomic E-state index is 11.2. The summed E-state index contributed by atoms with van der Waals surface area (Å²) in [5.74, 6) is -0.493. The van der Waals surface area contributed by atoms with Gasteiger partial charge < -0.3 is 14.4 Å². The number of aliphatic hydroxyl groups is 1. The van der Waals surface area contributed by atoms with Crippen molar-refractivity contribution in [3.63, 3.8) is 0 Å². The number of carbonyl (C=O) groups is 1. The number of hydrogen-bond donors (Lipinski definition) is 1. The van der Waals surface area contributed by atoms with E-state index in [1.165, 1.54) is 7.11 Å². The van der Waals surface area contributed by atoms with Crippen LogP contribution in [0.2, 0.25) is 0 Å². The third-order valence-corrected chi connectivity index (χ3v) is 2.77. The molecule has 0 saturated carbocycles. The zero-order chi connectivity index (χ0) is 12.8. The average Bonchev–Trinajstić information content (AvgIpc) is 2.76. The summed E-state index contributed by atoms with van der Waals surface area (Å²) in [6.45, 7) is 4.70. The summed E-state index contributed by atoms with van der Waals surface area (Å²) in [6.07, 6.45) is 3.83. The molecule has 5 nitrogen and oxygen atoms in total. The molecule has 96 valence electrons. The summed E-state index contributed by atoms with van der Waals surface area (Å²) in [4.78, 5) is 15.2. The van der Waals surface area contributed by atoms with E-state index in [-0.39, 0.29) is 18.3 Å². The summed E-state index contributed by atoms with van der Waals surface area (Å²) in [7, 11) is 1.35. The molecule has 1 aromatic heterocycles. The minimum absolute atomic E-state index is 0.185. The summed E-state index contributed by atoms with van der Waals surface area (Å²) in [5.41, 5.74) is 0.753. The maximum Gasteiger partial charge on any atom is 0.305 e. The smallest absolute Gasteiger partial charge is 0.305 e. The first kappa shape index (κ1) is 13.7. The van der Waals surface area contributed by atoms with Crippen molar-refractivity contribution in [2.45, 2.75) is 39.3 Å². The molecule has 17 heavy (non-hydrogen) atoms. The molecule has 0 amide bonds. The predicted octanol–water partition coefficient (Wildman–Crippen LogP) is 1.53. The minimum atomic E-state index is -0.692. The van der Waals surface area contributed by atoms with Crippen LogP contribution in [0.3, 0.4) is 0 Å². The zero-order valence-electron chi connectivity index (χ0n) is 10.6. The third-order valence-electron chi connectivity index (χ3n) is 2.77. The molecule has 0 radical (unpaired) electrons. The van der Waals surface area contributed by atoms with Crippen LogP contribution in [-0.2, 0) is 16.1 Å². The molecular formula is C12H20N2O3. The fourth-order valence-electron chi connectivity index (χ4n) is 1.75. The lowest BCUT2D eigenvalue weighted by molar-refractivity contribution is -0.142. The van der Waals surface area contributed by atoms with Gasteiger partial charge in [-0.05, 0) is 12.3 Å². The summed E-state index contributed by atoms with van der Waals surface area (Å²) < 4.78 is 6.51. The summed E-state index contributed by atoms with van der Waals surface area (Å²) in [6, 6.07) is 0. The third kappa shape index (κ3) is 3.56. The highest BCUT2D eigenvalue weighted by Crippen LogP contribution is 2.24. The van der Waals surface area contributed by atoms with Gasteiger partial charge in [0, 0.05) is 6.54 Å². The summed E-state index contributed by atoms with van der Waals surface area (Å²) in [5, 5.41) is 10.2. The molecule has 5 heteroatoms. The van der Waals surface area contributed by atoms with E-state index in [0.717, 1.165) is 18.7 Å². The average molecular weight is 240 g/mol. The Hall–Kier alpha value is -1.36. The molecule has 1 aromatic rings. The highest BCUT2D eigenvalue weighted by molar-refractivity contribution is 5.69. The van der Waals surface area contributed by atoms with Crippen molar-refractivity contribution in [1.82, 2.24) is 9.55 Å². The predicted molar refractivity (Wildman–Crippen MR) is 63.3 cm³/mol. The highest BCUT2D eigenvalue weighted by atomic mass is 16.5. The lowest BCUT2D eigenvalue weighted by atomic mass is 9.98. The van der Waals surface area contributed by atoms with Gasteiger partial charge in [-0.3, -0.25) is 4.79 Å². The maximum atomic E-state index is 11.2. The van der Waals surface area contributed by atoms with Crippen LogP contribution in [0, 0.1) is 5.92 Å². The van der Waals surface area contributed by atoms with Gasteiger partial charge in [0.15, 0.2) is 0 Å². The van der Waals surface area contributed by atoms with Gasteiger partial charge in [-0.1, -0.05) is 13.8 Å². The standard InChI is InChI=1S/C12H20N2O3/c1-4-5-14-8-13-7-10(14)12(16)9(2)6-11(15)17-3/h7-9,12,16H,4-6H2,1-3H3. The fourth-order valence-corrected chi connectivity index (χ4v) is 1.75. The second kappa shape index (κ2) is 6.39. The van der Waals surface area contributed by atoms with Crippen molar-refractivity contribution < 1.29 is 14.6 Å². The van der Waals surface area contributed by atoms with Gasteiger partial charge in [0.2, 0.25) is 0 Å². The number of rotatable bonds is 6. The number of imidazole rings is 1. The van der Waals surface area contributed by atoms with Gasteiger partial charge in [0.1, 0.15) is 0 Å². The van der Waals surface area contributed by atoms with Crippen LogP contribution >= 0.6 is 0 Å². The molecule has 0 spiro atoms. The molecule has 2 atom stereocenters. The fraction of sp³-hybridized carbons (Fsp3) is 0.667. The molecule has 0 aliphatic carbocycles. The highest BCUT2D eigenvalue weighted by Gasteiger charge is 2.22. The molecule has 0 aliphatic rings. The van der Waals surface area contributed by atoms with E-state index in [1.807, 2.05) is 11.5 Å². The van der Waals surface area contributed by atoms with E-state index in [1.54, 1.807) is 12.5 Å². The Kier molecular flexibility index (Phi) is 5.15.